The van der Waals surface area contributed by atoms with E-state index in [1.54, 1.807) is 0 Å². The third-order valence-corrected chi connectivity index (χ3v) is 3.24. The van der Waals surface area contributed by atoms with Crippen LogP contribution in [0.15, 0.2) is 12.4 Å². The van der Waals surface area contributed by atoms with E-state index in [1.807, 2.05) is 19.3 Å². The number of aromatic nitrogens is 2. The second-order valence-corrected chi connectivity index (χ2v) is 4.92. The molecule has 1 N–H and O–H groups in total. The van der Waals surface area contributed by atoms with E-state index in [0.29, 0.717) is 6.04 Å². The molecule has 0 aromatic carbocycles. The van der Waals surface area contributed by atoms with Gasteiger partial charge in [-0.1, -0.05) is 0 Å². The van der Waals surface area contributed by atoms with Crippen LogP contribution in [0.5, 0.6) is 0 Å². The smallest absolute Gasteiger partial charge is 0.0727 e. The maximum Gasteiger partial charge on any atom is 0.0727 e. The molecule has 2 heterocycles. The van der Waals surface area contributed by atoms with Crippen LogP contribution < -0.4 is 5.32 Å². The molecule has 94 valence electrons. The fraction of sp³-hybridized carbons (Fsp3) is 0.692. The molecule has 1 aliphatic rings. The molecule has 0 aliphatic carbocycles. The lowest BCUT2D eigenvalue weighted by Gasteiger charge is -2.27. The lowest BCUT2D eigenvalue weighted by Crippen LogP contribution is -2.38. The van der Waals surface area contributed by atoms with E-state index in [1.165, 1.54) is 12.8 Å². The van der Waals surface area contributed by atoms with Gasteiger partial charge in [-0.15, -0.1) is 0 Å². The van der Waals surface area contributed by atoms with Gasteiger partial charge in [0.05, 0.1) is 11.4 Å². The van der Waals surface area contributed by atoms with Crippen molar-refractivity contribution in [2.75, 3.05) is 19.6 Å². The van der Waals surface area contributed by atoms with E-state index in [9.17, 15) is 0 Å². The van der Waals surface area contributed by atoms with Gasteiger partial charge < -0.3 is 5.32 Å². The molecule has 0 spiro atoms. The van der Waals surface area contributed by atoms with Crippen LogP contribution in [0.3, 0.4) is 0 Å². The second kappa shape index (κ2) is 6.07. The molecule has 1 fully saturated rings. The van der Waals surface area contributed by atoms with E-state index in [2.05, 4.69) is 27.1 Å². The number of hydrogen-bond donors (Lipinski definition) is 1. The third-order valence-electron chi connectivity index (χ3n) is 3.24. The number of nitrogens with zero attached hydrogens (tertiary/aromatic N) is 3. The SMILES string of the molecule is Cc1cnc(CN2CCCNC(C)CC2)cn1. The van der Waals surface area contributed by atoms with Crippen molar-refractivity contribution < 1.29 is 0 Å². The minimum Gasteiger partial charge on any atom is -0.314 e. The first kappa shape index (κ1) is 12.5. The monoisotopic (exact) mass is 234 g/mol. The molecule has 4 nitrogen and oxygen atoms in total. The fourth-order valence-corrected chi connectivity index (χ4v) is 2.13. The largest absolute Gasteiger partial charge is 0.314 e. The summed E-state index contributed by atoms with van der Waals surface area (Å²) in [6, 6.07) is 0.627. The summed E-state index contributed by atoms with van der Waals surface area (Å²) in [6.45, 7) is 8.58. The highest BCUT2D eigenvalue weighted by atomic mass is 15.1. The van der Waals surface area contributed by atoms with E-state index >= 15 is 0 Å². The number of aryl methyl sites for hydroxylation is 1. The van der Waals surface area contributed by atoms with Crippen LogP contribution in [0, 0.1) is 6.92 Å². The van der Waals surface area contributed by atoms with Gasteiger partial charge >= 0.3 is 0 Å². The minimum absolute atomic E-state index is 0.627. The minimum atomic E-state index is 0.627. The van der Waals surface area contributed by atoms with Crippen molar-refractivity contribution in [2.24, 2.45) is 0 Å². The topological polar surface area (TPSA) is 41.1 Å². The quantitative estimate of drug-likeness (QED) is 0.839. The van der Waals surface area contributed by atoms with Gasteiger partial charge in [-0.3, -0.25) is 14.9 Å². The van der Waals surface area contributed by atoms with Crippen molar-refractivity contribution in [3.63, 3.8) is 0 Å². The second-order valence-electron chi connectivity index (χ2n) is 4.92. The Morgan fingerprint density at radius 3 is 3.00 bits per heavy atom. The van der Waals surface area contributed by atoms with Gasteiger partial charge in [0.2, 0.25) is 0 Å². The molecular formula is C13H22N4. The van der Waals surface area contributed by atoms with Crippen LogP contribution in [0.25, 0.3) is 0 Å². The third kappa shape index (κ3) is 4.06. The molecule has 0 bridgehead atoms. The van der Waals surface area contributed by atoms with E-state index < -0.39 is 0 Å². The molecule has 1 unspecified atom stereocenters. The molecule has 1 atom stereocenters. The Bertz CT molecular complexity index is 336. The van der Waals surface area contributed by atoms with Gasteiger partial charge in [0.15, 0.2) is 0 Å². The molecule has 0 amide bonds. The first-order chi connectivity index (χ1) is 8.24. The first-order valence-corrected chi connectivity index (χ1v) is 6.47. The molecule has 0 saturated carbocycles. The molecule has 0 radical (unpaired) electrons. The predicted molar refractivity (Wildman–Crippen MR) is 68.7 cm³/mol. The first-order valence-electron chi connectivity index (χ1n) is 6.47. The van der Waals surface area contributed by atoms with Gasteiger partial charge in [-0.25, -0.2) is 0 Å². The number of rotatable bonds is 2. The highest BCUT2D eigenvalue weighted by molar-refractivity contribution is 5.00. The van der Waals surface area contributed by atoms with Gasteiger partial charge in [0.1, 0.15) is 0 Å². The maximum absolute atomic E-state index is 4.43. The Morgan fingerprint density at radius 1 is 1.35 bits per heavy atom. The standard InChI is InChI=1S/C13H22N4/c1-11-4-7-17(6-3-5-14-11)10-13-9-15-12(2)8-16-13/h8-9,11,14H,3-7,10H2,1-2H3. The van der Waals surface area contributed by atoms with Crippen LogP contribution >= 0.6 is 0 Å². The van der Waals surface area contributed by atoms with Crippen molar-refractivity contribution in [1.29, 1.82) is 0 Å². The molecule has 4 heteroatoms. The molecule has 2 rings (SSSR count). The van der Waals surface area contributed by atoms with Gasteiger partial charge in [0.25, 0.3) is 0 Å². The number of hydrogen-bond acceptors (Lipinski definition) is 4. The Hall–Kier alpha value is -1.00. The number of nitrogens with one attached hydrogen (secondary N) is 1. The molecule has 1 aliphatic heterocycles. The molecule has 1 saturated heterocycles. The predicted octanol–water partition coefficient (Wildman–Crippen LogP) is 1.36. The van der Waals surface area contributed by atoms with Crippen molar-refractivity contribution in [3.8, 4) is 0 Å². The lowest BCUT2D eigenvalue weighted by atomic mass is 10.1. The summed E-state index contributed by atoms with van der Waals surface area (Å²) in [6.07, 6.45) is 6.17. The van der Waals surface area contributed by atoms with Crippen LogP contribution in [0.2, 0.25) is 0 Å². The summed E-state index contributed by atoms with van der Waals surface area (Å²) in [5.74, 6) is 0. The lowest BCUT2D eigenvalue weighted by molar-refractivity contribution is 0.227. The van der Waals surface area contributed by atoms with Crippen molar-refractivity contribution in [2.45, 2.75) is 39.3 Å². The van der Waals surface area contributed by atoms with Crippen LogP contribution in [-0.2, 0) is 6.54 Å². The molecule has 1 aromatic heterocycles. The summed E-state index contributed by atoms with van der Waals surface area (Å²) >= 11 is 0. The van der Waals surface area contributed by atoms with Crippen molar-refractivity contribution in [3.05, 3.63) is 23.8 Å². The zero-order chi connectivity index (χ0) is 12.1. The fourth-order valence-electron chi connectivity index (χ4n) is 2.13. The maximum atomic E-state index is 4.43. The summed E-state index contributed by atoms with van der Waals surface area (Å²) in [5, 5.41) is 3.52. The normalized spacial score (nSPS) is 23.1. The summed E-state index contributed by atoms with van der Waals surface area (Å²) < 4.78 is 0. The van der Waals surface area contributed by atoms with Gasteiger partial charge in [-0.05, 0) is 39.8 Å². The summed E-state index contributed by atoms with van der Waals surface area (Å²) in [7, 11) is 0. The average Bonchev–Trinajstić information content (AvgIpc) is 2.31. The Kier molecular flexibility index (Phi) is 4.45. The van der Waals surface area contributed by atoms with Gasteiger partial charge in [0, 0.05) is 31.5 Å². The highest BCUT2D eigenvalue weighted by Gasteiger charge is 2.12. The Labute approximate surface area is 103 Å². The van der Waals surface area contributed by atoms with Gasteiger partial charge in [-0.2, -0.15) is 0 Å². The Balaban J connectivity index is 1.90. The van der Waals surface area contributed by atoms with E-state index in [0.717, 1.165) is 37.6 Å². The Morgan fingerprint density at radius 2 is 2.24 bits per heavy atom. The van der Waals surface area contributed by atoms with Crippen molar-refractivity contribution in [1.82, 2.24) is 20.2 Å². The molecule has 17 heavy (non-hydrogen) atoms. The average molecular weight is 234 g/mol. The van der Waals surface area contributed by atoms with Crippen LogP contribution in [0.4, 0.5) is 0 Å². The van der Waals surface area contributed by atoms with Crippen molar-refractivity contribution >= 4 is 0 Å². The molecule has 1 aromatic rings. The summed E-state index contributed by atoms with van der Waals surface area (Å²) in [4.78, 5) is 11.2. The highest BCUT2D eigenvalue weighted by Crippen LogP contribution is 2.06. The zero-order valence-electron chi connectivity index (χ0n) is 10.8. The zero-order valence-corrected chi connectivity index (χ0v) is 10.8. The summed E-state index contributed by atoms with van der Waals surface area (Å²) in [5.41, 5.74) is 2.07. The van der Waals surface area contributed by atoms with E-state index in [4.69, 9.17) is 0 Å². The van der Waals surface area contributed by atoms with E-state index in [-0.39, 0.29) is 0 Å². The van der Waals surface area contributed by atoms with Crippen LogP contribution in [0.1, 0.15) is 31.2 Å². The van der Waals surface area contributed by atoms with Crippen LogP contribution in [-0.4, -0.2) is 40.5 Å². The molecular weight excluding hydrogens is 212 g/mol.